The Hall–Kier alpha value is -1.42. The fourth-order valence-corrected chi connectivity index (χ4v) is 1.69. The number of hydrogen-bond acceptors (Lipinski definition) is 4. The number of anilines is 1. The Balaban J connectivity index is 2.90. The van der Waals surface area contributed by atoms with Gasteiger partial charge in [-0.25, -0.2) is 0 Å². The molecule has 0 atom stereocenters. The van der Waals surface area contributed by atoms with Gasteiger partial charge < -0.3 is 20.5 Å². The van der Waals surface area contributed by atoms with E-state index in [0.717, 1.165) is 23.6 Å². The van der Waals surface area contributed by atoms with E-state index in [2.05, 4.69) is 19.2 Å². The van der Waals surface area contributed by atoms with Gasteiger partial charge in [-0.15, -0.1) is 0 Å². The van der Waals surface area contributed by atoms with Crippen LogP contribution in [-0.4, -0.2) is 26.3 Å². The second-order valence-electron chi connectivity index (χ2n) is 4.61. The Labute approximate surface area is 103 Å². The predicted octanol–water partition coefficient (Wildman–Crippen LogP) is 2.24. The maximum Gasteiger partial charge on any atom is 0.145 e. The second kappa shape index (κ2) is 5.77. The summed E-state index contributed by atoms with van der Waals surface area (Å²) in [5.74, 6) is 1.55. The molecule has 3 N–H and O–H groups in total. The van der Waals surface area contributed by atoms with E-state index in [9.17, 15) is 0 Å². The molecule has 96 valence electrons. The fourth-order valence-electron chi connectivity index (χ4n) is 1.69. The van der Waals surface area contributed by atoms with Crippen molar-refractivity contribution in [1.82, 2.24) is 0 Å². The summed E-state index contributed by atoms with van der Waals surface area (Å²) in [6.45, 7) is 4.88. The summed E-state index contributed by atoms with van der Waals surface area (Å²) < 4.78 is 10.5. The standard InChI is InChI=1S/C13H22N2O2/c1-13(2,7-8-14)15-11-6-5-10(16-3)9-12(11)17-4/h5-6,9,15H,7-8,14H2,1-4H3. The van der Waals surface area contributed by atoms with Gasteiger partial charge in [-0.05, 0) is 38.9 Å². The lowest BCUT2D eigenvalue weighted by Crippen LogP contribution is -2.33. The van der Waals surface area contributed by atoms with Crippen molar-refractivity contribution in [2.24, 2.45) is 5.73 Å². The quantitative estimate of drug-likeness (QED) is 0.798. The summed E-state index contributed by atoms with van der Waals surface area (Å²) in [6, 6.07) is 5.72. The summed E-state index contributed by atoms with van der Waals surface area (Å²) in [4.78, 5) is 0. The molecule has 0 spiro atoms. The molecule has 0 radical (unpaired) electrons. The normalized spacial score (nSPS) is 11.1. The summed E-state index contributed by atoms with van der Waals surface area (Å²) in [5, 5.41) is 3.43. The predicted molar refractivity (Wildman–Crippen MR) is 70.9 cm³/mol. The zero-order chi connectivity index (χ0) is 12.9. The molecule has 0 amide bonds. The average molecular weight is 238 g/mol. The highest BCUT2D eigenvalue weighted by atomic mass is 16.5. The van der Waals surface area contributed by atoms with Crippen LogP contribution in [0, 0.1) is 0 Å². The van der Waals surface area contributed by atoms with Gasteiger partial charge in [-0.1, -0.05) is 0 Å². The molecule has 4 nitrogen and oxygen atoms in total. The highest BCUT2D eigenvalue weighted by Gasteiger charge is 2.18. The Morgan fingerprint density at radius 3 is 2.47 bits per heavy atom. The lowest BCUT2D eigenvalue weighted by Gasteiger charge is -2.28. The maximum absolute atomic E-state index is 5.59. The number of hydrogen-bond donors (Lipinski definition) is 2. The summed E-state index contributed by atoms with van der Waals surface area (Å²) in [5.41, 5.74) is 6.49. The van der Waals surface area contributed by atoms with E-state index >= 15 is 0 Å². The SMILES string of the molecule is COc1ccc(NC(C)(C)CCN)c(OC)c1. The van der Waals surface area contributed by atoms with Crippen LogP contribution in [0.1, 0.15) is 20.3 Å². The maximum atomic E-state index is 5.59. The van der Waals surface area contributed by atoms with Crippen LogP contribution in [0.5, 0.6) is 11.5 Å². The van der Waals surface area contributed by atoms with Crippen LogP contribution in [0.2, 0.25) is 0 Å². The monoisotopic (exact) mass is 238 g/mol. The summed E-state index contributed by atoms with van der Waals surface area (Å²) in [7, 11) is 3.29. The third kappa shape index (κ3) is 3.82. The third-order valence-electron chi connectivity index (χ3n) is 2.65. The molecule has 0 bridgehead atoms. The van der Waals surface area contributed by atoms with Crippen LogP contribution >= 0.6 is 0 Å². The topological polar surface area (TPSA) is 56.5 Å². The molecule has 0 saturated heterocycles. The van der Waals surface area contributed by atoms with Crippen molar-refractivity contribution < 1.29 is 9.47 Å². The van der Waals surface area contributed by atoms with Crippen molar-refractivity contribution in [3.63, 3.8) is 0 Å². The van der Waals surface area contributed by atoms with Crippen LogP contribution in [-0.2, 0) is 0 Å². The molecule has 0 unspecified atom stereocenters. The lowest BCUT2D eigenvalue weighted by molar-refractivity contribution is 0.394. The van der Waals surface area contributed by atoms with Gasteiger partial charge in [0.15, 0.2) is 0 Å². The first-order valence-electron chi connectivity index (χ1n) is 5.72. The molecule has 4 heteroatoms. The molecule has 0 heterocycles. The van der Waals surface area contributed by atoms with Gasteiger partial charge in [-0.3, -0.25) is 0 Å². The van der Waals surface area contributed by atoms with Gasteiger partial charge in [-0.2, -0.15) is 0 Å². The number of nitrogens with one attached hydrogen (secondary N) is 1. The van der Waals surface area contributed by atoms with Crippen molar-refractivity contribution in [2.75, 3.05) is 26.1 Å². The molecule has 0 fully saturated rings. The first-order chi connectivity index (χ1) is 8.02. The minimum Gasteiger partial charge on any atom is -0.497 e. The van der Waals surface area contributed by atoms with E-state index in [1.54, 1.807) is 14.2 Å². The van der Waals surface area contributed by atoms with Gasteiger partial charge >= 0.3 is 0 Å². The second-order valence-corrected chi connectivity index (χ2v) is 4.61. The summed E-state index contributed by atoms with van der Waals surface area (Å²) >= 11 is 0. The third-order valence-corrected chi connectivity index (χ3v) is 2.65. The minimum absolute atomic E-state index is 0.0589. The van der Waals surface area contributed by atoms with Crippen molar-refractivity contribution in [3.05, 3.63) is 18.2 Å². The number of ether oxygens (including phenoxy) is 2. The van der Waals surface area contributed by atoms with Crippen molar-refractivity contribution in [1.29, 1.82) is 0 Å². The summed E-state index contributed by atoms with van der Waals surface area (Å²) in [6.07, 6.45) is 0.891. The zero-order valence-electron chi connectivity index (χ0n) is 11.0. The zero-order valence-corrected chi connectivity index (χ0v) is 11.0. The smallest absolute Gasteiger partial charge is 0.145 e. The Morgan fingerprint density at radius 2 is 1.94 bits per heavy atom. The van der Waals surface area contributed by atoms with E-state index in [-0.39, 0.29) is 5.54 Å². The first kappa shape index (κ1) is 13.6. The average Bonchev–Trinajstić information content (AvgIpc) is 2.29. The Morgan fingerprint density at radius 1 is 1.24 bits per heavy atom. The minimum atomic E-state index is -0.0589. The molecule has 0 aliphatic heterocycles. The number of rotatable bonds is 6. The van der Waals surface area contributed by atoms with Crippen molar-refractivity contribution in [3.8, 4) is 11.5 Å². The van der Waals surface area contributed by atoms with Crippen LogP contribution in [0.3, 0.4) is 0 Å². The fraction of sp³-hybridized carbons (Fsp3) is 0.538. The van der Waals surface area contributed by atoms with Gasteiger partial charge in [0.2, 0.25) is 0 Å². The van der Waals surface area contributed by atoms with Gasteiger partial charge in [0.05, 0.1) is 19.9 Å². The van der Waals surface area contributed by atoms with Gasteiger partial charge in [0, 0.05) is 11.6 Å². The molecular weight excluding hydrogens is 216 g/mol. The van der Waals surface area contributed by atoms with Crippen LogP contribution in [0.4, 0.5) is 5.69 Å². The van der Waals surface area contributed by atoms with Crippen LogP contribution in [0.25, 0.3) is 0 Å². The lowest BCUT2D eigenvalue weighted by atomic mass is 10.00. The molecule has 1 aromatic rings. The molecule has 0 saturated carbocycles. The van der Waals surface area contributed by atoms with E-state index in [1.807, 2.05) is 18.2 Å². The molecule has 0 aliphatic rings. The molecule has 0 aromatic heterocycles. The number of benzene rings is 1. The molecule has 1 aromatic carbocycles. The number of nitrogens with two attached hydrogens (primary N) is 1. The number of methoxy groups -OCH3 is 2. The van der Waals surface area contributed by atoms with E-state index in [4.69, 9.17) is 15.2 Å². The van der Waals surface area contributed by atoms with Gasteiger partial charge in [0.1, 0.15) is 11.5 Å². The van der Waals surface area contributed by atoms with Crippen molar-refractivity contribution >= 4 is 5.69 Å². The molecule has 0 aliphatic carbocycles. The van der Waals surface area contributed by atoms with Crippen LogP contribution in [0.15, 0.2) is 18.2 Å². The Kier molecular flexibility index (Phi) is 4.63. The highest BCUT2D eigenvalue weighted by molar-refractivity contribution is 5.60. The van der Waals surface area contributed by atoms with E-state index in [0.29, 0.717) is 6.54 Å². The van der Waals surface area contributed by atoms with Gasteiger partial charge in [0.25, 0.3) is 0 Å². The van der Waals surface area contributed by atoms with Crippen LogP contribution < -0.4 is 20.5 Å². The molecule has 1 rings (SSSR count). The Bertz CT molecular complexity index is 364. The van der Waals surface area contributed by atoms with E-state index in [1.165, 1.54) is 0 Å². The molecular formula is C13H22N2O2. The first-order valence-corrected chi connectivity index (χ1v) is 5.72. The molecule has 17 heavy (non-hydrogen) atoms. The van der Waals surface area contributed by atoms with Crippen molar-refractivity contribution in [2.45, 2.75) is 25.8 Å². The largest absolute Gasteiger partial charge is 0.497 e. The van der Waals surface area contributed by atoms with E-state index < -0.39 is 0 Å². The highest BCUT2D eigenvalue weighted by Crippen LogP contribution is 2.31.